The molecule has 162 valence electrons. The summed E-state index contributed by atoms with van der Waals surface area (Å²) in [6.45, 7) is 2.20. The molecule has 1 aromatic carbocycles. The monoisotopic (exact) mass is 438 g/mol. The molecule has 2 unspecified atom stereocenters. The van der Waals surface area contributed by atoms with Crippen molar-refractivity contribution in [2.45, 2.75) is 70.1 Å². The van der Waals surface area contributed by atoms with Crippen molar-refractivity contribution >= 4 is 29.1 Å². The van der Waals surface area contributed by atoms with Gasteiger partial charge in [-0.3, -0.25) is 9.59 Å². The van der Waals surface area contributed by atoms with Crippen molar-refractivity contribution in [2.75, 3.05) is 0 Å². The van der Waals surface area contributed by atoms with E-state index in [2.05, 4.69) is 6.92 Å². The second kappa shape index (κ2) is 7.94. The smallest absolute Gasteiger partial charge is 0.306 e. The zero-order valence-corrected chi connectivity index (χ0v) is 18.5. The van der Waals surface area contributed by atoms with Crippen LogP contribution in [0.15, 0.2) is 24.3 Å². The Kier molecular flexibility index (Phi) is 5.25. The van der Waals surface area contributed by atoms with Crippen molar-refractivity contribution in [2.24, 2.45) is 5.92 Å². The molecule has 0 saturated heterocycles. The number of benzene rings is 1. The lowest BCUT2D eigenvalue weighted by Crippen LogP contribution is -2.20. The van der Waals surface area contributed by atoms with Crippen LogP contribution in [-0.2, 0) is 11.2 Å². The van der Waals surface area contributed by atoms with Gasteiger partial charge in [-0.25, -0.2) is 0 Å². The van der Waals surface area contributed by atoms with Crippen LogP contribution in [0.25, 0.3) is 5.57 Å². The first kappa shape index (κ1) is 20.5. The molecule has 6 heteroatoms. The summed E-state index contributed by atoms with van der Waals surface area (Å²) in [4.78, 5) is 25.1. The molecule has 1 aromatic heterocycles. The summed E-state index contributed by atoms with van der Waals surface area (Å²) in [5.74, 6) is -0.462. The number of halogens is 1. The topological polar surface area (TPSA) is 72.2 Å². The number of hydrogen-bond donors (Lipinski definition) is 1. The number of rotatable bonds is 4. The Morgan fingerprint density at radius 1 is 1.16 bits per heavy atom. The number of carbonyl (C=O) groups excluding carboxylic acids is 1. The maximum absolute atomic E-state index is 13.8. The first-order valence-electron chi connectivity index (χ1n) is 11.3. The SMILES string of the molecule is CC1CCCc2c1c(C1=CCC(C(=O)O)CC1)nn2C(=O)c1c(Cl)cccc1C1CC1. The van der Waals surface area contributed by atoms with Crippen molar-refractivity contribution in [1.29, 1.82) is 0 Å². The van der Waals surface area contributed by atoms with Gasteiger partial charge in [0.05, 0.1) is 27.9 Å². The molecule has 3 aliphatic rings. The molecule has 1 saturated carbocycles. The quantitative estimate of drug-likeness (QED) is 0.653. The summed E-state index contributed by atoms with van der Waals surface area (Å²) in [7, 11) is 0. The van der Waals surface area contributed by atoms with E-state index in [1.807, 2.05) is 18.2 Å². The predicted molar refractivity (Wildman–Crippen MR) is 120 cm³/mol. The van der Waals surface area contributed by atoms with Gasteiger partial charge in [-0.15, -0.1) is 0 Å². The highest BCUT2D eigenvalue weighted by Crippen LogP contribution is 2.44. The zero-order valence-electron chi connectivity index (χ0n) is 17.7. The van der Waals surface area contributed by atoms with Crippen molar-refractivity contribution in [1.82, 2.24) is 9.78 Å². The Hall–Kier alpha value is -2.40. The average molecular weight is 439 g/mol. The van der Waals surface area contributed by atoms with Gasteiger partial charge in [0.2, 0.25) is 0 Å². The number of hydrogen-bond acceptors (Lipinski definition) is 3. The molecular weight excluding hydrogens is 412 g/mol. The molecule has 31 heavy (non-hydrogen) atoms. The summed E-state index contributed by atoms with van der Waals surface area (Å²) in [6.07, 6.45) is 8.95. The predicted octanol–water partition coefficient (Wildman–Crippen LogP) is 5.81. The van der Waals surface area contributed by atoms with Gasteiger partial charge in [-0.1, -0.05) is 36.7 Å². The molecule has 5 rings (SSSR count). The maximum atomic E-state index is 13.8. The lowest BCUT2D eigenvalue weighted by molar-refractivity contribution is -0.141. The fraction of sp³-hybridized carbons (Fsp3) is 0.480. The minimum Gasteiger partial charge on any atom is -0.481 e. The van der Waals surface area contributed by atoms with Crippen molar-refractivity contribution in [3.63, 3.8) is 0 Å². The summed E-state index contributed by atoms with van der Waals surface area (Å²) in [5, 5.41) is 14.7. The third-order valence-corrected chi connectivity index (χ3v) is 7.41. The first-order valence-corrected chi connectivity index (χ1v) is 11.7. The van der Waals surface area contributed by atoms with Crippen LogP contribution in [0.3, 0.4) is 0 Å². The molecule has 5 nitrogen and oxygen atoms in total. The van der Waals surface area contributed by atoms with Gasteiger partial charge < -0.3 is 5.11 Å². The first-order chi connectivity index (χ1) is 15.0. The number of nitrogens with zero attached hydrogens (tertiary/aromatic N) is 2. The molecule has 0 amide bonds. The highest BCUT2D eigenvalue weighted by Gasteiger charge is 2.34. The number of fused-ring (bicyclic) bond motifs is 1. The molecule has 3 aliphatic carbocycles. The lowest BCUT2D eigenvalue weighted by Gasteiger charge is -2.22. The van der Waals surface area contributed by atoms with E-state index in [4.69, 9.17) is 16.7 Å². The Morgan fingerprint density at radius 2 is 1.97 bits per heavy atom. The molecule has 1 fully saturated rings. The number of aromatic nitrogens is 2. The Morgan fingerprint density at radius 3 is 2.65 bits per heavy atom. The molecule has 0 aliphatic heterocycles. The second-order valence-electron chi connectivity index (χ2n) is 9.24. The highest BCUT2D eigenvalue weighted by molar-refractivity contribution is 6.34. The standard InChI is InChI=1S/C25H27ClN2O3/c1-14-4-2-7-20-21(14)23(16-10-12-17(13-11-16)25(30)31)27-28(20)24(29)22-18(15-8-9-15)5-3-6-19(22)26/h3,5-6,10,14-15,17H,2,4,7-9,11-13H2,1H3,(H,30,31). The van der Waals surface area contributed by atoms with Crippen molar-refractivity contribution in [3.05, 3.63) is 57.4 Å². The maximum Gasteiger partial charge on any atom is 0.306 e. The van der Waals surface area contributed by atoms with E-state index in [-0.39, 0.29) is 11.8 Å². The van der Waals surface area contributed by atoms with Gasteiger partial charge in [0.25, 0.3) is 5.91 Å². The van der Waals surface area contributed by atoms with E-state index in [1.165, 1.54) is 5.56 Å². The van der Waals surface area contributed by atoms with Gasteiger partial charge in [0.1, 0.15) is 0 Å². The van der Waals surface area contributed by atoms with E-state index < -0.39 is 5.97 Å². The summed E-state index contributed by atoms with van der Waals surface area (Å²) < 4.78 is 1.61. The van der Waals surface area contributed by atoms with Crippen LogP contribution in [0, 0.1) is 5.92 Å². The minimum atomic E-state index is -0.738. The Labute approximate surface area is 187 Å². The van der Waals surface area contributed by atoms with E-state index in [0.717, 1.165) is 54.6 Å². The molecule has 0 bridgehead atoms. The van der Waals surface area contributed by atoms with Gasteiger partial charge >= 0.3 is 5.97 Å². The van der Waals surface area contributed by atoms with Crippen LogP contribution in [0.1, 0.15) is 96.6 Å². The fourth-order valence-electron chi connectivity index (χ4n) is 5.23. The molecule has 2 atom stereocenters. The van der Waals surface area contributed by atoms with Crippen LogP contribution in [0.2, 0.25) is 5.02 Å². The summed E-state index contributed by atoms with van der Waals surface area (Å²) in [5.41, 5.74) is 5.76. The third-order valence-electron chi connectivity index (χ3n) is 7.10. The van der Waals surface area contributed by atoms with E-state index in [0.29, 0.717) is 41.7 Å². The van der Waals surface area contributed by atoms with Crippen LogP contribution in [-0.4, -0.2) is 26.8 Å². The Balaban J connectivity index is 1.59. The third kappa shape index (κ3) is 3.63. The minimum absolute atomic E-state index is 0.135. The molecule has 1 heterocycles. The molecule has 0 spiro atoms. The van der Waals surface area contributed by atoms with Crippen LogP contribution in [0.5, 0.6) is 0 Å². The second-order valence-corrected chi connectivity index (χ2v) is 9.64. The number of carboxylic acids is 1. The van der Waals surface area contributed by atoms with E-state index in [9.17, 15) is 14.7 Å². The molecule has 1 N–H and O–H groups in total. The fourth-order valence-corrected chi connectivity index (χ4v) is 5.49. The summed E-state index contributed by atoms with van der Waals surface area (Å²) >= 11 is 6.53. The lowest BCUT2D eigenvalue weighted by atomic mass is 9.82. The summed E-state index contributed by atoms with van der Waals surface area (Å²) in [6, 6.07) is 5.73. The molecular formula is C25H27ClN2O3. The molecule has 2 aromatic rings. The normalized spacial score (nSPS) is 23.2. The van der Waals surface area contributed by atoms with E-state index in [1.54, 1.807) is 10.7 Å². The van der Waals surface area contributed by atoms with Gasteiger partial charge in [0.15, 0.2) is 0 Å². The van der Waals surface area contributed by atoms with E-state index >= 15 is 0 Å². The van der Waals surface area contributed by atoms with Gasteiger partial charge in [-0.2, -0.15) is 9.78 Å². The molecule has 0 radical (unpaired) electrons. The number of aliphatic carboxylic acids is 1. The van der Waals surface area contributed by atoms with Gasteiger partial charge in [-0.05, 0) is 80.4 Å². The van der Waals surface area contributed by atoms with Crippen molar-refractivity contribution in [3.8, 4) is 0 Å². The number of carbonyl (C=O) groups is 2. The van der Waals surface area contributed by atoms with Crippen LogP contribution < -0.4 is 0 Å². The Bertz CT molecular complexity index is 1100. The average Bonchev–Trinajstić information content (AvgIpc) is 3.53. The number of allylic oxidation sites excluding steroid dienone is 2. The van der Waals surface area contributed by atoms with Crippen LogP contribution in [0.4, 0.5) is 0 Å². The van der Waals surface area contributed by atoms with Crippen molar-refractivity contribution < 1.29 is 14.7 Å². The highest BCUT2D eigenvalue weighted by atomic mass is 35.5. The van der Waals surface area contributed by atoms with Gasteiger partial charge in [0, 0.05) is 5.56 Å². The number of carboxylic acid groups (broad SMARTS) is 1. The zero-order chi connectivity index (χ0) is 21.7. The largest absolute Gasteiger partial charge is 0.481 e. The van der Waals surface area contributed by atoms with Crippen LogP contribution >= 0.6 is 11.6 Å².